The van der Waals surface area contributed by atoms with Gasteiger partial charge in [0.2, 0.25) is 0 Å². The highest BCUT2D eigenvalue weighted by molar-refractivity contribution is 9.10. The second-order valence-corrected chi connectivity index (χ2v) is 5.24. The lowest BCUT2D eigenvalue weighted by Gasteiger charge is -2.13. The standard InChI is InChI=1S/C12H8BrCl2FN2/c13-6-4-10(17)11(5-9(6)16)18-12-7(14)2-1-3-8(12)15/h1-5,18H,17H2. The van der Waals surface area contributed by atoms with Gasteiger partial charge in [-0.1, -0.05) is 29.3 Å². The molecule has 2 aromatic carbocycles. The SMILES string of the molecule is Nc1cc(Br)c(F)cc1Nc1c(Cl)cccc1Cl. The summed E-state index contributed by atoms with van der Waals surface area (Å²) in [6, 6.07) is 7.84. The highest BCUT2D eigenvalue weighted by atomic mass is 79.9. The molecule has 0 amide bonds. The molecule has 94 valence electrons. The molecule has 0 atom stereocenters. The number of halogens is 4. The van der Waals surface area contributed by atoms with E-state index in [4.69, 9.17) is 28.9 Å². The minimum Gasteiger partial charge on any atom is -0.397 e. The summed E-state index contributed by atoms with van der Waals surface area (Å²) >= 11 is 15.1. The van der Waals surface area contributed by atoms with Gasteiger partial charge in [-0.3, -0.25) is 0 Å². The number of rotatable bonds is 2. The molecule has 0 aliphatic carbocycles. The molecule has 2 aromatic rings. The topological polar surface area (TPSA) is 38.0 Å². The van der Waals surface area contributed by atoms with Crippen LogP contribution in [0.25, 0.3) is 0 Å². The van der Waals surface area contributed by atoms with Crippen LogP contribution in [-0.4, -0.2) is 0 Å². The Morgan fingerprint density at radius 3 is 2.39 bits per heavy atom. The molecular weight excluding hydrogens is 342 g/mol. The molecule has 2 rings (SSSR count). The minimum absolute atomic E-state index is 0.302. The fourth-order valence-corrected chi connectivity index (χ4v) is 2.28. The van der Waals surface area contributed by atoms with Crippen molar-refractivity contribution in [2.45, 2.75) is 0 Å². The first-order chi connectivity index (χ1) is 8.49. The molecule has 3 N–H and O–H groups in total. The monoisotopic (exact) mass is 348 g/mol. The van der Waals surface area contributed by atoms with Gasteiger partial charge < -0.3 is 11.1 Å². The Kier molecular flexibility index (Phi) is 4.00. The Morgan fingerprint density at radius 2 is 1.78 bits per heavy atom. The average molecular weight is 350 g/mol. The van der Waals surface area contributed by atoms with E-state index in [1.54, 1.807) is 18.2 Å². The molecular formula is C12H8BrCl2FN2. The molecule has 0 aliphatic heterocycles. The van der Waals surface area contributed by atoms with Gasteiger partial charge in [0, 0.05) is 6.07 Å². The van der Waals surface area contributed by atoms with Crippen molar-refractivity contribution in [3.8, 4) is 0 Å². The number of nitrogens with one attached hydrogen (secondary N) is 1. The van der Waals surface area contributed by atoms with E-state index in [1.807, 2.05) is 0 Å². The number of anilines is 3. The highest BCUT2D eigenvalue weighted by Gasteiger charge is 2.10. The summed E-state index contributed by atoms with van der Waals surface area (Å²) < 4.78 is 13.8. The van der Waals surface area contributed by atoms with Crippen molar-refractivity contribution in [1.82, 2.24) is 0 Å². The van der Waals surface area contributed by atoms with Gasteiger partial charge in [-0.15, -0.1) is 0 Å². The number of nitrogen functional groups attached to an aromatic ring is 1. The zero-order valence-corrected chi connectivity index (χ0v) is 12.1. The lowest BCUT2D eigenvalue weighted by atomic mass is 10.2. The molecule has 0 aromatic heterocycles. The molecule has 0 saturated heterocycles. The van der Waals surface area contributed by atoms with Gasteiger partial charge in [0.15, 0.2) is 0 Å². The summed E-state index contributed by atoms with van der Waals surface area (Å²) in [4.78, 5) is 0. The average Bonchev–Trinajstić information content (AvgIpc) is 2.30. The van der Waals surface area contributed by atoms with Gasteiger partial charge >= 0.3 is 0 Å². The van der Waals surface area contributed by atoms with Gasteiger partial charge in [-0.05, 0) is 34.1 Å². The fraction of sp³-hybridized carbons (Fsp3) is 0. The van der Waals surface area contributed by atoms with Crippen LogP contribution in [-0.2, 0) is 0 Å². The summed E-state index contributed by atoms with van der Waals surface area (Å²) in [5.41, 5.74) is 7.08. The molecule has 18 heavy (non-hydrogen) atoms. The van der Waals surface area contributed by atoms with Crippen LogP contribution in [0.1, 0.15) is 0 Å². The van der Waals surface area contributed by atoms with Crippen LogP contribution in [0.15, 0.2) is 34.8 Å². The van der Waals surface area contributed by atoms with Crippen LogP contribution in [0.2, 0.25) is 10.0 Å². The van der Waals surface area contributed by atoms with E-state index >= 15 is 0 Å². The van der Waals surface area contributed by atoms with Crippen LogP contribution in [0.3, 0.4) is 0 Å². The maximum Gasteiger partial charge on any atom is 0.139 e. The van der Waals surface area contributed by atoms with E-state index in [0.29, 0.717) is 31.6 Å². The first-order valence-electron chi connectivity index (χ1n) is 4.94. The van der Waals surface area contributed by atoms with Crippen molar-refractivity contribution in [1.29, 1.82) is 0 Å². The molecule has 6 heteroatoms. The van der Waals surface area contributed by atoms with Crippen LogP contribution in [0.5, 0.6) is 0 Å². The molecule has 2 nitrogen and oxygen atoms in total. The summed E-state index contributed by atoms with van der Waals surface area (Å²) in [5.74, 6) is -0.421. The third-order valence-corrected chi connectivity index (χ3v) is 3.55. The summed E-state index contributed by atoms with van der Waals surface area (Å²) in [7, 11) is 0. The van der Waals surface area contributed by atoms with Crippen LogP contribution in [0.4, 0.5) is 21.5 Å². The molecule has 0 radical (unpaired) electrons. The summed E-state index contributed by atoms with van der Waals surface area (Å²) in [6.07, 6.45) is 0. The number of para-hydroxylation sites is 1. The first kappa shape index (κ1) is 13.5. The largest absolute Gasteiger partial charge is 0.397 e. The van der Waals surface area contributed by atoms with Crippen molar-refractivity contribution in [3.05, 3.63) is 50.7 Å². The van der Waals surface area contributed by atoms with Crippen molar-refractivity contribution < 1.29 is 4.39 Å². The zero-order chi connectivity index (χ0) is 13.3. The molecule has 0 aliphatic rings. The first-order valence-corrected chi connectivity index (χ1v) is 6.49. The second-order valence-electron chi connectivity index (χ2n) is 3.58. The Labute approximate surface area is 122 Å². The highest BCUT2D eigenvalue weighted by Crippen LogP contribution is 2.35. The van der Waals surface area contributed by atoms with E-state index < -0.39 is 5.82 Å². The maximum absolute atomic E-state index is 13.5. The summed E-state index contributed by atoms with van der Waals surface area (Å²) in [6.45, 7) is 0. The Hall–Kier alpha value is -0.970. The van der Waals surface area contributed by atoms with E-state index in [9.17, 15) is 4.39 Å². The van der Waals surface area contributed by atoms with Gasteiger partial charge in [0.25, 0.3) is 0 Å². The second kappa shape index (κ2) is 5.34. The fourth-order valence-electron chi connectivity index (χ4n) is 1.42. The van der Waals surface area contributed by atoms with Crippen molar-refractivity contribution >= 4 is 56.2 Å². The smallest absolute Gasteiger partial charge is 0.139 e. The lowest BCUT2D eigenvalue weighted by molar-refractivity contribution is 0.622. The quantitative estimate of drug-likeness (QED) is 0.729. The number of nitrogens with two attached hydrogens (primary N) is 1. The van der Waals surface area contributed by atoms with Gasteiger partial charge in [-0.2, -0.15) is 0 Å². The molecule has 0 spiro atoms. The minimum atomic E-state index is -0.421. The van der Waals surface area contributed by atoms with E-state index in [1.165, 1.54) is 12.1 Å². The normalized spacial score (nSPS) is 10.4. The Bertz CT molecular complexity index is 585. The number of benzene rings is 2. The predicted octanol–water partition coefficient (Wildman–Crippen LogP) is 5.22. The number of hydrogen-bond acceptors (Lipinski definition) is 2. The van der Waals surface area contributed by atoms with Gasteiger partial charge in [0.1, 0.15) is 5.82 Å². The molecule has 0 saturated carbocycles. The lowest BCUT2D eigenvalue weighted by Crippen LogP contribution is -1.98. The van der Waals surface area contributed by atoms with Crippen LogP contribution in [0, 0.1) is 5.82 Å². The van der Waals surface area contributed by atoms with Crippen LogP contribution >= 0.6 is 39.1 Å². The van der Waals surface area contributed by atoms with Gasteiger partial charge in [0.05, 0.1) is 31.6 Å². The van der Waals surface area contributed by atoms with E-state index in [0.717, 1.165) is 0 Å². The number of hydrogen-bond donors (Lipinski definition) is 2. The third kappa shape index (κ3) is 2.71. The summed E-state index contributed by atoms with van der Waals surface area (Å²) in [5, 5.41) is 3.80. The van der Waals surface area contributed by atoms with Crippen molar-refractivity contribution in [2.24, 2.45) is 0 Å². The molecule has 0 unspecified atom stereocenters. The Balaban J connectivity index is 2.43. The van der Waals surface area contributed by atoms with Crippen molar-refractivity contribution in [2.75, 3.05) is 11.1 Å². The van der Waals surface area contributed by atoms with Crippen molar-refractivity contribution in [3.63, 3.8) is 0 Å². The predicted molar refractivity (Wildman–Crippen MR) is 78.3 cm³/mol. The Morgan fingerprint density at radius 1 is 1.17 bits per heavy atom. The molecule has 0 fully saturated rings. The third-order valence-electron chi connectivity index (χ3n) is 2.31. The molecule has 0 heterocycles. The van der Waals surface area contributed by atoms with E-state index in [2.05, 4.69) is 21.2 Å². The van der Waals surface area contributed by atoms with Crippen LogP contribution < -0.4 is 11.1 Å². The van der Waals surface area contributed by atoms with E-state index in [-0.39, 0.29) is 0 Å². The maximum atomic E-state index is 13.5. The van der Waals surface area contributed by atoms with Gasteiger partial charge in [-0.25, -0.2) is 4.39 Å². The zero-order valence-electron chi connectivity index (χ0n) is 8.98. The molecule has 0 bridgehead atoms.